The maximum Gasteiger partial charge on any atom is 0.338 e. The van der Waals surface area contributed by atoms with Gasteiger partial charge in [-0.1, -0.05) is 17.3 Å². The van der Waals surface area contributed by atoms with Crippen LogP contribution in [0.2, 0.25) is 0 Å². The van der Waals surface area contributed by atoms with E-state index in [-0.39, 0.29) is 23.7 Å². The lowest BCUT2D eigenvalue weighted by Crippen LogP contribution is -2.06. The van der Waals surface area contributed by atoms with Gasteiger partial charge in [-0.15, -0.1) is 11.3 Å². The van der Waals surface area contributed by atoms with Crippen LogP contribution in [-0.4, -0.2) is 21.0 Å². The molecule has 3 aromatic rings. The number of rotatable bonds is 5. The molecule has 0 amide bonds. The molecule has 0 N–H and O–H groups in total. The van der Waals surface area contributed by atoms with Crippen molar-refractivity contribution < 1.29 is 19.0 Å². The first kappa shape index (κ1) is 15.8. The topological polar surface area (TPSA) is 108 Å². The molecule has 3 rings (SSSR count). The maximum absolute atomic E-state index is 12.0. The van der Waals surface area contributed by atoms with Crippen LogP contribution in [0.1, 0.15) is 21.8 Å². The molecule has 0 unspecified atom stereocenters. The van der Waals surface area contributed by atoms with E-state index in [0.717, 1.165) is 4.88 Å². The van der Waals surface area contributed by atoms with E-state index < -0.39 is 10.9 Å². The molecule has 2 heterocycles. The molecule has 0 atom stereocenters. The zero-order valence-electron chi connectivity index (χ0n) is 12.5. The van der Waals surface area contributed by atoms with Crippen molar-refractivity contribution in [2.24, 2.45) is 0 Å². The number of nitro benzene ring substituents is 1. The number of hydrogen-bond donors (Lipinski definition) is 0. The molecule has 0 saturated heterocycles. The summed E-state index contributed by atoms with van der Waals surface area (Å²) in [4.78, 5) is 27.3. The minimum atomic E-state index is -0.700. The standard InChI is InChI=1S/C15H11N3O5S/c1-9-4-5-10(7-11(9)18(20)21)15(19)22-8-13-16-14(17-23-13)12-3-2-6-24-12/h2-7H,8H2,1H3. The number of hydrogen-bond acceptors (Lipinski definition) is 8. The summed E-state index contributed by atoms with van der Waals surface area (Å²) in [7, 11) is 0. The van der Waals surface area contributed by atoms with Crippen LogP contribution in [0.15, 0.2) is 40.2 Å². The summed E-state index contributed by atoms with van der Waals surface area (Å²) in [6.45, 7) is 1.39. The number of esters is 1. The molecule has 2 aromatic heterocycles. The number of nitrogens with zero attached hydrogens (tertiary/aromatic N) is 3. The van der Waals surface area contributed by atoms with E-state index in [1.807, 2.05) is 17.5 Å². The van der Waals surface area contributed by atoms with Gasteiger partial charge in [-0.05, 0) is 24.4 Å². The molecule has 0 bridgehead atoms. The fourth-order valence-electron chi connectivity index (χ4n) is 1.96. The molecule has 9 heteroatoms. The van der Waals surface area contributed by atoms with Gasteiger partial charge in [0.15, 0.2) is 6.61 Å². The molecule has 0 saturated carbocycles. The van der Waals surface area contributed by atoms with Crippen LogP contribution in [0.4, 0.5) is 5.69 Å². The summed E-state index contributed by atoms with van der Waals surface area (Å²) >= 11 is 1.46. The Bertz CT molecular complexity index is 888. The summed E-state index contributed by atoms with van der Waals surface area (Å²) in [6.07, 6.45) is 0. The Morgan fingerprint density at radius 2 is 2.25 bits per heavy atom. The number of nitro groups is 1. The van der Waals surface area contributed by atoms with E-state index in [1.54, 1.807) is 6.92 Å². The van der Waals surface area contributed by atoms with Crippen molar-refractivity contribution in [2.45, 2.75) is 13.5 Å². The van der Waals surface area contributed by atoms with E-state index in [9.17, 15) is 14.9 Å². The Balaban J connectivity index is 1.68. The average Bonchev–Trinajstić information content (AvgIpc) is 3.24. The molecule has 24 heavy (non-hydrogen) atoms. The highest BCUT2D eigenvalue weighted by atomic mass is 32.1. The first-order valence-electron chi connectivity index (χ1n) is 6.83. The molecule has 0 spiro atoms. The van der Waals surface area contributed by atoms with E-state index in [0.29, 0.717) is 11.4 Å². The molecule has 0 radical (unpaired) electrons. The maximum atomic E-state index is 12.0. The van der Waals surface area contributed by atoms with Crippen LogP contribution in [0.25, 0.3) is 10.7 Å². The number of benzene rings is 1. The summed E-state index contributed by atoms with van der Waals surface area (Å²) in [5, 5.41) is 16.6. The van der Waals surface area contributed by atoms with Gasteiger partial charge in [0.05, 0.1) is 15.4 Å². The minimum Gasteiger partial charge on any atom is -0.452 e. The number of thiophene rings is 1. The number of aryl methyl sites for hydroxylation is 1. The van der Waals surface area contributed by atoms with Gasteiger partial charge < -0.3 is 9.26 Å². The Hall–Kier alpha value is -3.07. The molecule has 0 aliphatic heterocycles. The van der Waals surface area contributed by atoms with Crippen LogP contribution in [-0.2, 0) is 11.3 Å². The van der Waals surface area contributed by atoms with Crippen LogP contribution < -0.4 is 0 Å². The Labute approximate surface area is 139 Å². The third-order valence-corrected chi connectivity index (χ3v) is 4.04. The number of ether oxygens (including phenoxy) is 1. The van der Waals surface area contributed by atoms with Gasteiger partial charge in [-0.2, -0.15) is 4.98 Å². The lowest BCUT2D eigenvalue weighted by atomic mass is 10.1. The second kappa shape index (κ2) is 6.59. The van der Waals surface area contributed by atoms with Crippen LogP contribution in [0, 0.1) is 17.0 Å². The zero-order chi connectivity index (χ0) is 17.1. The van der Waals surface area contributed by atoms with Crippen molar-refractivity contribution in [1.29, 1.82) is 0 Å². The van der Waals surface area contributed by atoms with Crippen molar-refractivity contribution in [3.05, 3.63) is 62.8 Å². The van der Waals surface area contributed by atoms with E-state index in [2.05, 4.69) is 10.1 Å². The predicted molar refractivity (Wildman–Crippen MR) is 84.6 cm³/mol. The monoisotopic (exact) mass is 345 g/mol. The Morgan fingerprint density at radius 1 is 1.42 bits per heavy atom. The molecule has 0 aliphatic rings. The molecular formula is C15H11N3O5S. The van der Waals surface area contributed by atoms with E-state index >= 15 is 0 Å². The molecule has 122 valence electrons. The van der Waals surface area contributed by atoms with Gasteiger partial charge in [-0.25, -0.2) is 4.79 Å². The molecule has 8 nitrogen and oxygen atoms in total. The van der Waals surface area contributed by atoms with E-state index in [4.69, 9.17) is 9.26 Å². The zero-order valence-corrected chi connectivity index (χ0v) is 13.3. The SMILES string of the molecule is Cc1ccc(C(=O)OCc2nc(-c3cccs3)no2)cc1[N+](=O)[O-]. The summed E-state index contributed by atoms with van der Waals surface area (Å²) < 4.78 is 10.1. The normalized spacial score (nSPS) is 10.5. The van der Waals surface area contributed by atoms with E-state index in [1.165, 1.54) is 29.5 Å². The highest BCUT2D eigenvalue weighted by molar-refractivity contribution is 7.13. The largest absolute Gasteiger partial charge is 0.452 e. The minimum absolute atomic E-state index is 0.0882. The van der Waals surface area contributed by atoms with Crippen molar-refractivity contribution >= 4 is 23.0 Å². The van der Waals surface area contributed by atoms with Gasteiger partial charge in [0.1, 0.15) is 0 Å². The molecule has 0 aliphatic carbocycles. The Kier molecular flexibility index (Phi) is 4.34. The predicted octanol–water partition coefficient (Wildman–Crippen LogP) is 3.37. The summed E-state index contributed by atoms with van der Waals surface area (Å²) in [5.41, 5.74) is 0.418. The van der Waals surface area contributed by atoms with Gasteiger partial charge in [0.25, 0.3) is 11.6 Å². The highest BCUT2D eigenvalue weighted by Crippen LogP contribution is 2.22. The molecular weight excluding hydrogens is 334 g/mol. The summed E-state index contributed by atoms with van der Waals surface area (Å²) in [6, 6.07) is 7.85. The van der Waals surface area contributed by atoms with Crippen molar-refractivity contribution in [1.82, 2.24) is 10.1 Å². The lowest BCUT2D eigenvalue weighted by molar-refractivity contribution is -0.385. The van der Waals surface area contributed by atoms with Crippen molar-refractivity contribution in [3.63, 3.8) is 0 Å². The smallest absolute Gasteiger partial charge is 0.338 e. The second-order valence-corrected chi connectivity index (χ2v) is 5.77. The lowest BCUT2D eigenvalue weighted by Gasteiger charge is -2.03. The second-order valence-electron chi connectivity index (χ2n) is 4.82. The van der Waals surface area contributed by atoms with Crippen LogP contribution >= 0.6 is 11.3 Å². The molecule has 0 fully saturated rings. The fraction of sp³-hybridized carbons (Fsp3) is 0.133. The van der Waals surface area contributed by atoms with Crippen molar-refractivity contribution in [2.75, 3.05) is 0 Å². The number of carbonyl (C=O) groups is 1. The van der Waals surface area contributed by atoms with Gasteiger partial charge in [-0.3, -0.25) is 10.1 Å². The van der Waals surface area contributed by atoms with Gasteiger partial charge in [0.2, 0.25) is 5.82 Å². The number of aromatic nitrogens is 2. The first-order chi connectivity index (χ1) is 11.5. The van der Waals surface area contributed by atoms with Crippen molar-refractivity contribution in [3.8, 4) is 10.7 Å². The molecule has 1 aromatic carbocycles. The van der Waals surface area contributed by atoms with Crippen LogP contribution in [0.5, 0.6) is 0 Å². The van der Waals surface area contributed by atoms with Gasteiger partial charge >= 0.3 is 5.97 Å². The third-order valence-electron chi connectivity index (χ3n) is 3.18. The highest BCUT2D eigenvalue weighted by Gasteiger charge is 2.17. The van der Waals surface area contributed by atoms with Crippen LogP contribution in [0.3, 0.4) is 0 Å². The third kappa shape index (κ3) is 3.30. The Morgan fingerprint density at radius 3 is 2.96 bits per heavy atom. The first-order valence-corrected chi connectivity index (χ1v) is 7.71. The quantitative estimate of drug-likeness (QED) is 0.396. The number of carbonyl (C=O) groups excluding carboxylic acids is 1. The fourth-order valence-corrected chi connectivity index (χ4v) is 2.61. The van der Waals surface area contributed by atoms with Gasteiger partial charge in [0, 0.05) is 11.6 Å². The summed E-state index contributed by atoms with van der Waals surface area (Å²) in [5.74, 6) is -0.135. The average molecular weight is 345 g/mol.